The van der Waals surface area contributed by atoms with E-state index in [4.69, 9.17) is 9.47 Å². The summed E-state index contributed by atoms with van der Waals surface area (Å²) in [5.74, 6) is 1.91. The SMILES string of the molecule is CCOc1ccc2c(c1)CC(c1ccccc1OCC)N2. The van der Waals surface area contributed by atoms with Gasteiger partial charge < -0.3 is 14.8 Å². The lowest BCUT2D eigenvalue weighted by Gasteiger charge is -2.16. The summed E-state index contributed by atoms with van der Waals surface area (Å²) in [4.78, 5) is 0. The first kappa shape index (κ1) is 13.8. The first-order valence-corrected chi connectivity index (χ1v) is 7.55. The van der Waals surface area contributed by atoms with Gasteiger partial charge in [-0.25, -0.2) is 0 Å². The molecule has 1 heterocycles. The minimum Gasteiger partial charge on any atom is -0.494 e. The number of benzene rings is 2. The quantitative estimate of drug-likeness (QED) is 0.892. The summed E-state index contributed by atoms with van der Waals surface area (Å²) in [6.07, 6.45) is 0.959. The van der Waals surface area contributed by atoms with Crippen molar-refractivity contribution in [3.8, 4) is 11.5 Å². The molecule has 0 spiro atoms. The zero-order valence-electron chi connectivity index (χ0n) is 12.6. The van der Waals surface area contributed by atoms with Crippen LogP contribution < -0.4 is 14.8 Å². The van der Waals surface area contributed by atoms with Crippen LogP contribution in [-0.4, -0.2) is 13.2 Å². The Hall–Kier alpha value is -2.16. The first-order chi connectivity index (χ1) is 10.3. The Morgan fingerprint density at radius 3 is 2.67 bits per heavy atom. The van der Waals surface area contributed by atoms with Gasteiger partial charge in [-0.3, -0.25) is 0 Å². The predicted octanol–water partition coefficient (Wildman–Crippen LogP) is 4.19. The van der Waals surface area contributed by atoms with Gasteiger partial charge >= 0.3 is 0 Å². The van der Waals surface area contributed by atoms with Crippen molar-refractivity contribution in [3.05, 3.63) is 53.6 Å². The number of nitrogens with one attached hydrogen (secondary N) is 1. The molecule has 0 bridgehead atoms. The molecule has 0 aliphatic carbocycles. The van der Waals surface area contributed by atoms with Crippen LogP contribution in [0.1, 0.15) is 31.0 Å². The molecule has 21 heavy (non-hydrogen) atoms. The topological polar surface area (TPSA) is 30.5 Å². The fourth-order valence-corrected chi connectivity index (χ4v) is 2.84. The van der Waals surface area contributed by atoms with E-state index in [2.05, 4.69) is 29.6 Å². The van der Waals surface area contributed by atoms with Crippen molar-refractivity contribution in [2.24, 2.45) is 0 Å². The lowest BCUT2D eigenvalue weighted by molar-refractivity contribution is 0.335. The molecule has 1 atom stereocenters. The van der Waals surface area contributed by atoms with Crippen LogP contribution >= 0.6 is 0 Å². The van der Waals surface area contributed by atoms with Crippen molar-refractivity contribution < 1.29 is 9.47 Å². The van der Waals surface area contributed by atoms with Crippen molar-refractivity contribution >= 4 is 5.69 Å². The minimum atomic E-state index is 0.264. The maximum absolute atomic E-state index is 5.75. The van der Waals surface area contributed by atoms with Crippen LogP contribution in [0.5, 0.6) is 11.5 Å². The molecule has 3 rings (SSSR count). The average Bonchev–Trinajstić information content (AvgIpc) is 2.91. The van der Waals surface area contributed by atoms with Crippen LogP contribution in [0.4, 0.5) is 5.69 Å². The highest BCUT2D eigenvalue weighted by molar-refractivity contribution is 5.61. The monoisotopic (exact) mass is 283 g/mol. The molecule has 2 aromatic carbocycles. The molecule has 3 heteroatoms. The maximum atomic E-state index is 5.75. The van der Waals surface area contributed by atoms with Gasteiger partial charge in [-0.15, -0.1) is 0 Å². The average molecular weight is 283 g/mol. The predicted molar refractivity (Wildman–Crippen MR) is 85.3 cm³/mol. The normalized spacial score (nSPS) is 16.2. The Kier molecular flexibility index (Phi) is 4.00. The van der Waals surface area contributed by atoms with Gasteiger partial charge in [0.1, 0.15) is 11.5 Å². The van der Waals surface area contributed by atoms with Crippen molar-refractivity contribution in [3.63, 3.8) is 0 Å². The summed E-state index contributed by atoms with van der Waals surface area (Å²) < 4.78 is 11.3. The molecule has 1 aliphatic rings. The Morgan fingerprint density at radius 2 is 1.86 bits per heavy atom. The molecule has 0 radical (unpaired) electrons. The summed E-state index contributed by atoms with van der Waals surface area (Å²) in [5.41, 5.74) is 3.71. The Bertz CT molecular complexity index is 624. The van der Waals surface area contributed by atoms with Crippen molar-refractivity contribution in [1.82, 2.24) is 0 Å². The lowest BCUT2D eigenvalue weighted by Crippen LogP contribution is -2.08. The van der Waals surface area contributed by atoms with Crippen molar-refractivity contribution in [1.29, 1.82) is 0 Å². The molecule has 2 aromatic rings. The minimum absolute atomic E-state index is 0.264. The number of hydrogen-bond acceptors (Lipinski definition) is 3. The number of hydrogen-bond donors (Lipinski definition) is 1. The van der Waals surface area contributed by atoms with Gasteiger partial charge in [0.15, 0.2) is 0 Å². The molecule has 0 saturated carbocycles. The second kappa shape index (κ2) is 6.08. The van der Waals surface area contributed by atoms with E-state index in [1.165, 1.54) is 16.8 Å². The van der Waals surface area contributed by atoms with E-state index in [0.29, 0.717) is 13.2 Å². The van der Waals surface area contributed by atoms with E-state index >= 15 is 0 Å². The summed E-state index contributed by atoms with van der Waals surface area (Å²) in [6, 6.07) is 14.8. The number of rotatable bonds is 5. The molecule has 0 amide bonds. The lowest BCUT2D eigenvalue weighted by atomic mass is 10.0. The summed E-state index contributed by atoms with van der Waals surface area (Å²) in [7, 11) is 0. The number of ether oxygens (including phenoxy) is 2. The van der Waals surface area contributed by atoms with Gasteiger partial charge in [-0.2, -0.15) is 0 Å². The molecule has 0 aromatic heterocycles. The first-order valence-electron chi connectivity index (χ1n) is 7.55. The smallest absolute Gasteiger partial charge is 0.124 e. The highest BCUT2D eigenvalue weighted by Gasteiger charge is 2.24. The molecule has 110 valence electrons. The molecule has 1 aliphatic heterocycles. The molecule has 0 saturated heterocycles. The number of para-hydroxylation sites is 1. The van der Waals surface area contributed by atoms with Crippen LogP contribution in [0.3, 0.4) is 0 Å². The van der Waals surface area contributed by atoms with Gasteiger partial charge in [0.2, 0.25) is 0 Å². The van der Waals surface area contributed by atoms with E-state index in [-0.39, 0.29) is 6.04 Å². The van der Waals surface area contributed by atoms with E-state index in [0.717, 1.165) is 17.9 Å². The Labute approximate surface area is 125 Å². The van der Waals surface area contributed by atoms with Crippen LogP contribution in [0, 0.1) is 0 Å². The van der Waals surface area contributed by atoms with Crippen molar-refractivity contribution in [2.45, 2.75) is 26.3 Å². The van der Waals surface area contributed by atoms with E-state index in [1.807, 2.05) is 32.0 Å². The van der Waals surface area contributed by atoms with Gasteiger partial charge in [-0.05, 0) is 50.1 Å². The molecule has 1 N–H and O–H groups in total. The fraction of sp³-hybridized carbons (Fsp3) is 0.333. The van der Waals surface area contributed by atoms with Crippen LogP contribution in [0.15, 0.2) is 42.5 Å². The second-order valence-corrected chi connectivity index (χ2v) is 5.12. The summed E-state index contributed by atoms with van der Waals surface area (Å²) in [5, 5.41) is 3.58. The van der Waals surface area contributed by atoms with Crippen molar-refractivity contribution in [2.75, 3.05) is 18.5 Å². The van der Waals surface area contributed by atoms with Crippen LogP contribution in [0.25, 0.3) is 0 Å². The maximum Gasteiger partial charge on any atom is 0.124 e. The summed E-state index contributed by atoms with van der Waals surface area (Å²) >= 11 is 0. The molecule has 3 nitrogen and oxygen atoms in total. The molecule has 1 unspecified atom stereocenters. The third-order valence-corrected chi connectivity index (χ3v) is 3.74. The Balaban J connectivity index is 1.84. The zero-order valence-corrected chi connectivity index (χ0v) is 12.6. The highest BCUT2D eigenvalue weighted by Crippen LogP contribution is 2.39. The highest BCUT2D eigenvalue weighted by atomic mass is 16.5. The zero-order chi connectivity index (χ0) is 14.7. The Morgan fingerprint density at radius 1 is 1.05 bits per heavy atom. The number of anilines is 1. The van der Waals surface area contributed by atoms with Gasteiger partial charge in [0.05, 0.1) is 19.3 Å². The summed E-state index contributed by atoms with van der Waals surface area (Å²) in [6.45, 7) is 5.41. The van der Waals surface area contributed by atoms with E-state index in [9.17, 15) is 0 Å². The van der Waals surface area contributed by atoms with E-state index < -0.39 is 0 Å². The second-order valence-electron chi connectivity index (χ2n) is 5.12. The molecule has 0 fully saturated rings. The molecular formula is C18H21NO2. The largest absolute Gasteiger partial charge is 0.494 e. The van der Waals surface area contributed by atoms with Gasteiger partial charge in [0, 0.05) is 11.3 Å². The standard InChI is InChI=1S/C18H21NO2/c1-3-20-14-9-10-16-13(11-14)12-17(19-16)15-7-5-6-8-18(15)21-4-2/h5-11,17,19H,3-4,12H2,1-2H3. The van der Waals surface area contributed by atoms with Gasteiger partial charge in [0.25, 0.3) is 0 Å². The third-order valence-electron chi connectivity index (χ3n) is 3.74. The fourth-order valence-electron chi connectivity index (χ4n) is 2.84. The van der Waals surface area contributed by atoms with Crippen LogP contribution in [0.2, 0.25) is 0 Å². The van der Waals surface area contributed by atoms with E-state index in [1.54, 1.807) is 0 Å². The van der Waals surface area contributed by atoms with Crippen LogP contribution in [-0.2, 0) is 6.42 Å². The molecular weight excluding hydrogens is 262 g/mol. The third kappa shape index (κ3) is 2.82. The number of fused-ring (bicyclic) bond motifs is 1. The van der Waals surface area contributed by atoms with Gasteiger partial charge in [-0.1, -0.05) is 18.2 Å².